The molecule has 27 heavy (non-hydrogen) atoms. The van der Waals surface area contributed by atoms with Gasteiger partial charge in [-0.1, -0.05) is 13.8 Å². The molecule has 142 valence electrons. The zero-order chi connectivity index (χ0) is 19.2. The zero-order valence-electron chi connectivity index (χ0n) is 16.4. The van der Waals surface area contributed by atoms with Crippen molar-refractivity contribution in [2.75, 3.05) is 6.54 Å². The molecule has 0 fully saturated rings. The first-order chi connectivity index (χ1) is 13.2. The molecule has 0 saturated carbocycles. The largest absolute Gasteiger partial charge is 0.356 e. The summed E-state index contributed by atoms with van der Waals surface area (Å²) in [6, 6.07) is 10.3. The molecule has 3 aromatic rings. The predicted molar refractivity (Wildman–Crippen MR) is 109 cm³/mol. The van der Waals surface area contributed by atoms with Crippen LogP contribution >= 0.6 is 0 Å². The number of hydrogen-bond acceptors (Lipinski definition) is 3. The normalized spacial score (nSPS) is 11.3. The molecule has 0 radical (unpaired) electrons. The topological polar surface area (TPSA) is 59.8 Å². The Balaban J connectivity index is 1.79. The molecule has 0 atom stereocenters. The van der Waals surface area contributed by atoms with E-state index < -0.39 is 0 Å². The fourth-order valence-electron chi connectivity index (χ4n) is 3.54. The highest BCUT2D eigenvalue weighted by molar-refractivity contribution is 5.84. The van der Waals surface area contributed by atoms with Gasteiger partial charge in [-0.05, 0) is 56.5 Å². The number of aryl methyl sites for hydroxylation is 2. The van der Waals surface area contributed by atoms with Crippen molar-refractivity contribution in [1.82, 2.24) is 19.9 Å². The third-order valence-corrected chi connectivity index (χ3v) is 5.15. The van der Waals surface area contributed by atoms with E-state index in [1.54, 1.807) is 0 Å². The zero-order valence-corrected chi connectivity index (χ0v) is 16.4. The van der Waals surface area contributed by atoms with Crippen LogP contribution in [-0.2, 0) is 11.3 Å². The lowest BCUT2D eigenvalue weighted by Crippen LogP contribution is -2.31. The lowest BCUT2D eigenvalue weighted by Gasteiger charge is -2.14. The van der Waals surface area contributed by atoms with Gasteiger partial charge in [-0.15, -0.1) is 0 Å². The van der Waals surface area contributed by atoms with Crippen LogP contribution < -0.4 is 5.32 Å². The van der Waals surface area contributed by atoms with E-state index in [1.165, 1.54) is 0 Å². The summed E-state index contributed by atoms with van der Waals surface area (Å²) in [6.07, 6.45) is 6.28. The van der Waals surface area contributed by atoms with Crippen LogP contribution in [0.5, 0.6) is 0 Å². The van der Waals surface area contributed by atoms with Gasteiger partial charge in [0, 0.05) is 48.0 Å². The molecular formula is C22H28N4O. The van der Waals surface area contributed by atoms with Gasteiger partial charge < -0.3 is 9.88 Å². The molecule has 0 aliphatic heterocycles. The lowest BCUT2D eigenvalue weighted by atomic mass is 10.0. The Kier molecular flexibility index (Phi) is 6.22. The van der Waals surface area contributed by atoms with E-state index in [-0.39, 0.29) is 11.8 Å². The minimum absolute atomic E-state index is 0.118. The number of fused-ring (bicyclic) bond motifs is 1. The third-order valence-electron chi connectivity index (χ3n) is 5.15. The van der Waals surface area contributed by atoms with Crippen molar-refractivity contribution in [1.29, 1.82) is 0 Å². The molecule has 3 rings (SSSR count). The van der Waals surface area contributed by atoms with E-state index in [1.807, 2.05) is 31.5 Å². The molecule has 3 aromatic heterocycles. The summed E-state index contributed by atoms with van der Waals surface area (Å²) in [5.41, 5.74) is 4.22. The maximum atomic E-state index is 12.2. The molecule has 0 spiro atoms. The van der Waals surface area contributed by atoms with Crippen molar-refractivity contribution in [2.45, 2.75) is 46.6 Å². The fraction of sp³-hybridized carbons (Fsp3) is 0.409. The molecule has 0 aromatic carbocycles. The van der Waals surface area contributed by atoms with Crippen molar-refractivity contribution in [3.05, 3.63) is 48.4 Å². The van der Waals surface area contributed by atoms with E-state index in [0.29, 0.717) is 6.54 Å². The molecule has 5 nitrogen and oxygen atoms in total. The van der Waals surface area contributed by atoms with Gasteiger partial charge in [-0.2, -0.15) is 0 Å². The highest BCUT2D eigenvalue weighted by Gasteiger charge is 2.15. The summed E-state index contributed by atoms with van der Waals surface area (Å²) >= 11 is 0. The van der Waals surface area contributed by atoms with Crippen LogP contribution in [0.1, 0.15) is 38.8 Å². The smallest absolute Gasteiger partial charge is 0.223 e. The average molecular weight is 364 g/mol. The molecular weight excluding hydrogens is 336 g/mol. The second kappa shape index (κ2) is 8.80. The minimum atomic E-state index is 0.118. The van der Waals surface area contributed by atoms with Gasteiger partial charge in [0.05, 0.1) is 5.69 Å². The van der Waals surface area contributed by atoms with Crippen molar-refractivity contribution in [3.63, 3.8) is 0 Å². The van der Waals surface area contributed by atoms with Crippen LogP contribution in [0, 0.1) is 12.8 Å². The van der Waals surface area contributed by atoms with Crippen molar-refractivity contribution >= 4 is 16.9 Å². The van der Waals surface area contributed by atoms with E-state index in [9.17, 15) is 4.79 Å². The van der Waals surface area contributed by atoms with E-state index in [2.05, 4.69) is 51.9 Å². The Labute approximate surface area is 160 Å². The molecule has 5 heteroatoms. The summed E-state index contributed by atoms with van der Waals surface area (Å²) in [4.78, 5) is 21.2. The maximum absolute atomic E-state index is 12.2. The van der Waals surface area contributed by atoms with Gasteiger partial charge in [0.15, 0.2) is 0 Å². The van der Waals surface area contributed by atoms with Crippen molar-refractivity contribution in [2.24, 2.45) is 5.92 Å². The predicted octanol–water partition coefficient (Wildman–Crippen LogP) is 4.35. The number of nitrogens with one attached hydrogen (secondary N) is 1. The molecule has 1 amide bonds. The Hall–Kier alpha value is -2.69. The molecule has 3 heterocycles. The van der Waals surface area contributed by atoms with Crippen LogP contribution in [0.2, 0.25) is 0 Å². The van der Waals surface area contributed by atoms with Gasteiger partial charge in [0.2, 0.25) is 5.91 Å². The van der Waals surface area contributed by atoms with Gasteiger partial charge in [-0.25, -0.2) is 4.98 Å². The molecule has 0 saturated heterocycles. The van der Waals surface area contributed by atoms with Crippen LogP contribution in [0.4, 0.5) is 0 Å². The van der Waals surface area contributed by atoms with Gasteiger partial charge in [0.1, 0.15) is 5.65 Å². The van der Waals surface area contributed by atoms with Crippen LogP contribution in [0.15, 0.2) is 42.7 Å². The number of aromatic nitrogens is 3. The minimum Gasteiger partial charge on any atom is -0.356 e. The van der Waals surface area contributed by atoms with Crippen LogP contribution in [0.3, 0.4) is 0 Å². The lowest BCUT2D eigenvalue weighted by molar-refractivity contribution is -0.125. The first-order valence-corrected chi connectivity index (χ1v) is 9.79. The highest BCUT2D eigenvalue weighted by atomic mass is 16.1. The monoisotopic (exact) mass is 364 g/mol. The molecule has 1 N–H and O–H groups in total. The quantitative estimate of drug-likeness (QED) is 0.605. The number of pyridine rings is 2. The Morgan fingerprint density at radius 1 is 1.15 bits per heavy atom. The summed E-state index contributed by atoms with van der Waals surface area (Å²) in [5.74, 6) is 0.284. The number of rotatable bonds is 8. The first kappa shape index (κ1) is 19.1. The Morgan fingerprint density at radius 3 is 2.63 bits per heavy atom. The summed E-state index contributed by atoms with van der Waals surface area (Å²) in [5, 5.41) is 4.20. The van der Waals surface area contributed by atoms with Gasteiger partial charge in [-0.3, -0.25) is 9.78 Å². The number of carbonyl (C=O) groups excluding carboxylic acids is 1. The summed E-state index contributed by atoms with van der Waals surface area (Å²) in [7, 11) is 0. The van der Waals surface area contributed by atoms with Crippen LogP contribution in [-0.4, -0.2) is 27.0 Å². The second-order valence-electron chi connectivity index (χ2n) is 6.89. The van der Waals surface area contributed by atoms with E-state index in [4.69, 9.17) is 0 Å². The standard InChI is InChI=1S/C22H28N4O/c1-4-17(5-2)22(27)25-13-8-14-26-20(19-10-7-11-23-16(19)3)15-18-9-6-12-24-21(18)26/h6-7,9-12,15,17H,4-5,8,13-14H2,1-3H3,(H,25,27). The molecule has 0 aliphatic rings. The van der Waals surface area contributed by atoms with Crippen molar-refractivity contribution < 1.29 is 4.79 Å². The summed E-state index contributed by atoms with van der Waals surface area (Å²) in [6.45, 7) is 7.63. The number of hydrogen-bond donors (Lipinski definition) is 1. The molecule has 0 unspecified atom stereocenters. The third kappa shape index (κ3) is 4.18. The number of amides is 1. The molecule has 0 bridgehead atoms. The Morgan fingerprint density at radius 2 is 1.89 bits per heavy atom. The SMILES string of the molecule is CCC(CC)C(=O)NCCCn1c(-c2cccnc2C)cc2cccnc21. The first-order valence-electron chi connectivity index (χ1n) is 9.79. The van der Waals surface area contributed by atoms with Crippen LogP contribution in [0.25, 0.3) is 22.3 Å². The fourth-order valence-corrected chi connectivity index (χ4v) is 3.54. The number of carbonyl (C=O) groups is 1. The molecule has 0 aliphatic carbocycles. The average Bonchev–Trinajstić information content (AvgIpc) is 3.05. The maximum Gasteiger partial charge on any atom is 0.223 e. The van der Waals surface area contributed by atoms with Gasteiger partial charge >= 0.3 is 0 Å². The van der Waals surface area contributed by atoms with E-state index >= 15 is 0 Å². The van der Waals surface area contributed by atoms with Gasteiger partial charge in [0.25, 0.3) is 0 Å². The summed E-state index contributed by atoms with van der Waals surface area (Å²) < 4.78 is 2.24. The highest BCUT2D eigenvalue weighted by Crippen LogP contribution is 2.28. The second-order valence-corrected chi connectivity index (χ2v) is 6.89. The Bertz CT molecular complexity index is 912. The number of nitrogens with zero attached hydrogens (tertiary/aromatic N) is 3. The van der Waals surface area contributed by atoms with E-state index in [0.717, 1.165) is 53.8 Å². The van der Waals surface area contributed by atoms with Crippen molar-refractivity contribution in [3.8, 4) is 11.3 Å².